The third kappa shape index (κ3) is 3.61. The van der Waals surface area contributed by atoms with Crippen molar-refractivity contribution < 1.29 is 14.3 Å². The lowest BCUT2D eigenvalue weighted by molar-refractivity contribution is 0.0933. The third-order valence-corrected chi connectivity index (χ3v) is 5.56. The molecule has 1 N–H and O–H groups in total. The van der Waals surface area contributed by atoms with Crippen LogP contribution in [0, 0.1) is 5.92 Å². The maximum absolute atomic E-state index is 12.1. The number of hydrogen-bond donors (Lipinski definition) is 1. The van der Waals surface area contributed by atoms with Gasteiger partial charge in [0.05, 0.1) is 13.7 Å². The van der Waals surface area contributed by atoms with E-state index in [1.54, 1.807) is 24.3 Å². The van der Waals surface area contributed by atoms with E-state index in [0.717, 1.165) is 27.8 Å². The Labute approximate surface area is 143 Å². The Morgan fingerprint density at radius 3 is 3.17 bits per heavy atom. The summed E-state index contributed by atoms with van der Waals surface area (Å²) in [5.74, 6) is 1.70. The van der Waals surface area contributed by atoms with Gasteiger partial charge in [0.1, 0.15) is 10.0 Å². The van der Waals surface area contributed by atoms with Crippen molar-refractivity contribution in [3.8, 4) is 11.5 Å². The van der Waals surface area contributed by atoms with E-state index < -0.39 is 0 Å². The molecule has 0 spiro atoms. The number of ether oxygens (including phenoxy) is 2. The van der Waals surface area contributed by atoms with Crippen LogP contribution in [-0.4, -0.2) is 37.4 Å². The lowest BCUT2D eigenvalue weighted by Gasteiger charge is -2.26. The quantitative estimate of drug-likeness (QED) is 0.840. The number of methoxy groups -OCH3 is 1. The van der Waals surface area contributed by atoms with Crippen LogP contribution in [0.5, 0.6) is 11.5 Å². The van der Waals surface area contributed by atoms with Crippen LogP contribution >= 0.6 is 23.1 Å². The largest absolute Gasteiger partial charge is 0.493 e. The molecule has 23 heavy (non-hydrogen) atoms. The number of rotatable bonds is 5. The predicted octanol–water partition coefficient (Wildman–Crippen LogP) is 2.85. The SMILES string of the molecule is COc1cccc2c1OCC(CNC(=O)c1csc(SC)n1)C2. The monoisotopic (exact) mass is 350 g/mol. The average Bonchev–Trinajstić information content (AvgIpc) is 3.08. The Morgan fingerprint density at radius 1 is 1.57 bits per heavy atom. The molecule has 7 heteroatoms. The number of thioether (sulfide) groups is 1. The fourth-order valence-corrected chi connectivity index (χ4v) is 3.77. The summed E-state index contributed by atoms with van der Waals surface area (Å²) in [4.78, 5) is 16.4. The first-order chi connectivity index (χ1) is 11.2. The van der Waals surface area contributed by atoms with Crippen LogP contribution in [0.2, 0.25) is 0 Å². The number of hydrogen-bond acceptors (Lipinski definition) is 6. The fraction of sp³-hybridized carbons (Fsp3) is 0.375. The molecule has 2 heterocycles. The van der Waals surface area contributed by atoms with Gasteiger partial charge in [-0.1, -0.05) is 23.9 Å². The molecule has 0 aliphatic carbocycles. The molecule has 1 amide bonds. The minimum Gasteiger partial charge on any atom is -0.493 e. The lowest BCUT2D eigenvalue weighted by Crippen LogP contribution is -2.35. The second-order valence-corrected chi connectivity index (χ2v) is 7.15. The number of carbonyl (C=O) groups excluding carboxylic acids is 1. The van der Waals surface area contributed by atoms with E-state index in [1.165, 1.54) is 11.3 Å². The normalized spacial score (nSPS) is 16.3. The molecule has 0 fully saturated rings. The lowest BCUT2D eigenvalue weighted by atomic mass is 9.96. The summed E-state index contributed by atoms with van der Waals surface area (Å²) in [5.41, 5.74) is 1.60. The van der Waals surface area contributed by atoms with Crippen LogP contribution < -0.4 is 14.8 Å². The Kier molecular flexibility index (Phi) is 5.07. The number of fused-ring (bicyclic) bond motifs is 1. The number of carbonyl (C=O) groups is 1. The van der Waals surface area contributed by atoms with Gasteiger partial charge in [0.15, 0.2) is 11.5 Å². The molecule has 1 aliphatic rings. The highest BCUT2D eigenvalue weighted by molar-refractivity contribution is 8.00. The van der Waals surface area contributed by atoms with Crippen molar-refractivity contribution in [1.29, 1.82) is 0 Å². The van der Waals surface area contributed by atoms with Gasteiger partial charge in [-0.25, -0.2) is 4.98 Å². The van der Waals surface area contributed by atoms with Gasteiger partial charge in [-0.2, -0.15) is 0 Å². The van der Waals surface area contributed by atoms with Crippen LogP contribution in [-0.2, 0) is 6.42 Å². The van der Waals surface area contributed by atoms with Gasteiger partial charge in [-0.05, 0) is 24.3 Å². The van der Waals surface area contributed by atoms with Crippen molar-refractivity contribution in [1.82, 2.24) is 10.3 Å². The van der Waals surface area contributed by atoms with Gasteiger partial charge >= 0.3 is 0 Å². The maximum atomic E-state index is 12.1. The second-order valence-electron chi connectivity index (χ2n) is 5.24. The summed E-state index contributed by atoms with van der Waals surface area (Å²) < 4.78 is 12.0. The topological polar surface area (TPSA) is 60.5 Å². The van der Waals surface area contributed by atoms with E-state index >= 15 is 0 Å². The van der Waals surface area contributed by atoms with E-state index in [2.05, 4.69) is 10.3 Å². The molecule has 2 aromatic rings. The number of para-hydroxylation sites is 1. The van der Waals surface area contributed by atoms with Gasteiger partial charge in [0.25, 0.3) is 5.91 Å². The predicted molar refractivity (Wildman–Crippen MR) is 91.9 cm³/mol. The first-order valence-electron chi connectivity index (χ1n) is 7.27. The Bertz CT molecular complexity index is 702. The highest BCUT2D eigenvalue weighted by Crippen LogP contribution is 2.35. The average molecular weight is 350 g/mol. The number of amides is 1. The zero-order valence-corrected chi connectivity index (χ0v) is 14.6. The van der Waals surface area contributed by atoms with Crippen LogP contribution in [0.3, 0.4) is 0 Å². The van der Waals surface area contributed by atoms with Gasteiger partial charge in [0, 0.05) is 17.8 Å². The van der Waals surface area contributed by atoms with Crippen molar-refractivity contribution >= 4 is 29.0 Å². The standard InChI is InChI=1S/C16H18N2O3S2/c1-20-13-5-3-4-11-6-10(8-21-14(11)13)7-17-15(19)12-9-23-16(18-12)22-2/h3-5,9-10H,6-8H2,1-2H3,(H,17,19). The molecule has 1 aromatic heterocycles. The summed E-state index contributed by atoms with van der Waals surface area (Å²) >= 11 is 3.03. The van der Waals surface area contributed by atoms with Gasteiger partial charge in [-0.3, -0.25) is 4.79 Å². The number of aromatic nitrogens is 1. The summed E-state index contributed by atoms with van der Waals surface area (Å²) in [6.07, 6.45) is 2.81. The van der Waals surface area contributed by atoms with E-state index in [9.17, 15) is 4.79 Å². The van der Waals surface area contributed by atoms with Gasteiger partial charge < -0.3 is 14.8 Å². The molecule has 3 rings (SSSR count). The van der Waals surface area contributed by atoms with Crippen molar-refractivity contribution in [2.24, 2.45) is 5.92 Å². The molecule has 1 unspecified atom stereocenters. The molecule has 0 saturated carbocycles. The first kappa shape index (κ1) is 16.1. The van der Waals surface area contributed by atoms with E-state index in [1.807, 2.05) is 24.5 Å². The molecule has 1 aliphatic heterocycles. The smallest absolute Gasteiger partial charge is 0.270 e. The van der Waals surface area contributed by atoms with Crippen molar-refractivity contribution in [3.05, 3.63) is 34.8 Å². The molecule has 122 valence electrons. The molecule has 1 aromatic carbocycles. The minimum atomic E-state index is -0.127. The number of thiazole rings is 1. The zero-order valence-electron chi connectivity index (χ0n) is 13.0. The number of nitrogens with one attached hydrogen (secondary N) is 1. The van der Waals surface area contributed by atoms with Crippen LogP contribution in [0.1, 0.15) is 16.1 Å². The number of nitrogens with zero attached hydrogens (tertiary/aromatic N) is 1. The number of benzene rings is 1. The van der Waals surface area contributed by atoms with Gasteiger partial charge in [-0.15, -0.1) is 11.3 Å². The van der Waals surface area contributed by atoms with Crippen molar-refractivity contribution in [2.45, 2.75) is 10.8 Å². The zero-order chi connectivity index (χ0) is 16.2. The molecule has 5 nitrogen and oxygen atoms in total. The van der Waals surface area contributed by atoms with E-state index in [0.29, 0.717) is 18.8 Å². The summed E-state index contributed by atoms with van der Waals surface area (Å²) in [6, 6.07) is 5.89. The molecule has 0 bridgehead atoms. The first-order valence-corrected chi connectivity index (χ1v) is 9.38. The summed E-state index contributed by atoms with van der Waals surface area (Å²) in [5, 5.41) is 4.74. The Balaban J connectivity index is 1.58. The van der Waals surface area contributed by atoms with Crippen molar-refractivity contribution in [3.63, 3.8) is 0 Å². The van der Waals surface area contributed by atoms with Gasteiger partial charge in [0.2, 0.25) is 0 Å². The second kappa shape index (κ2) is 7.23. The van der Waals surface area contributed by atoms with Crippen LogP contribution in [0.4, 0.5) is 0 Å². The molecule has 0 saturated heterocycles. The van der Waals surface area contributed by atoms with Crippen LogP contribution in [0.25, 0.3) is 0 Å². The Hall–Kier alpha value is -1.73. The molecule has 0 radical (unpaired) electrons. The van der Waals surface area contributed by atoms with Crippen LogP contribution in [0.15, 0.2) is 27.9 Å². The van der Waals surface area contributed by atoms with Crippen molar-refractivity contribution in [2.75, 3.05) is 26.5 Å². The minimum absolute atomic E-state index is 0.127. The summed E-state index contributed by atoms with van der Waals surface area (Å²) in [6.45, 7) is 1.14. The third-order valence-electron chi connectivity index (χ3n) is 3.69. The molecular weight excluding hydrogens is 332 g/mol. The molecule has 1 atom stereocenters. The highest BCUT2D eigenvalue weighted by Gasteiger charge is 2.23. The highest BCUT2D eigenvalue weighted by atomic mass is 32.2. The van der Waals surface area contributed by atoms with E-state index in [-0.39, 0.29) is 11.8 Å². The van der Waals surface area contributed by atoms with E-state index in [4.69, 9.17) is 9.47 Å². The Morgan fingerprint density at radius 2 is 2.43 bits per heavy atom. The summed E-state index contributed by atoms with van der Waals surface area (Å²) in [7, 11) is 1.64. The maximum Gasteiger partial charge on any atom is 0.270 e. The fourth-order valence-electron chi connectivity index (χ4n) is 2.53. The molecular formula is C16H18N2O3S2.